The molecule has 1 aromatic rings. The third-order valence-corrected chi connectivity index (χ3v) is 2.37. The maximum Gasteiger partial charge on any atom is 0.0664 e. The van der Waals surface area contributed by atoms with Gasteiger partial charge in [-0.3, -0.25) is 0 Å². The molecule has 1 unspecified atom stereocenters. The van der Waals surface area contributed by atoms with Gasteiger partial charge in [0.1, 0.15) is 0 Å². The van der Waals surface area contributed by atoms with Gasteiger partial charge in [-0.05, 0) is 24.5 Å². The predicted octanol–water partition coefficient (Wildman–Crippen LogP) is 1.10. The van der Waals surface area contributed by atoms with Gasteiger partial charge < -0.3 is 10.5 Å². The van der Waals surface area contributed by atoms with Gasteiger partial charge in [0, 0.05) is 12.0 Å². The number of aromatic nitrogens is 1. The van der Waals surface area contributed by atoms with Crippen LogP contribution >= 0.6 is 11.5 Å². The Kier molecular flexibility index (Phi) is 2.99. The van der Waals surface area contributed by atoms with Crippen molar-refractivity contribution in [1.82, 2.24) is 4.37 Å². The summed E-state index contributed by atoms with van der Waals surface area (Å²) in [5.74, 6) is 0. The van der Waals surface area contributed by atoms with Crippen LogP contribution in [0.5, 0.6) is 0 Å². The topological polar surface area (TPSA) is 48.1 Å². The van der Waals surface area contributed by atoms with Gasteiger partial charge in [0.05, 0.1) is 18.3 Å². The molecule has 11 heavy (non-hydrogen) atoms. The molecule has 0 aliphatic heterocycles. The lowest BCUT2D eigenvalue weighted by molar-refractivity contribution is 0.182. The van der Waals surface area contributed by atoms with Crippen LogP contribution in [0.25, 0.3) is 0 Å². The molecule has 0 aliphatic rings. The van der Waals surface area contributed by atoms with E-state index < -0.39 is 0 Å². The normalized spacial score (nSPS) is 13.4. The van der Waals surface area contributed by atoms with Crippen LogP contribution in [0.4, 0.5) is 0 Å². The average Bonchev–Trinajstić information content (AvgIpc) is 2.36. The van der Waals surface area contributed by atoms with E-state index in [1.807, 2.05) is 13.0 Å². The lowest BCUT2D eigenvalue weighted by atomic mass is 10.2. The fourth-order valence-electron chi connectivity index (χ4n) is 0.820. The van der Waals surface area contributed by atoms with E-state index in [0.29, 0.717) is 6.61 Å². The highest BCUT2D eigenvalue weighted by Crippen LogP contribution is 2.16. The third-order valence-electron chi connectivity index (χ3n) is 1.36. The standard InChI is InChI=1S/C7H12N2OS/c1-5-3-7(11-9-5)6(8)4-10-2/h3,6H,4,8H2,1-2H3. The fraction of sp³-hybridized carbons (Fsp3) is 0.571. The largest absolute Gasteiger partial charge is 0.383 e. The van der Waals surface area contributed by atoms with Crippen LogP contribution in [-0.4, -0.2) is 18.1 Å². The molecule has 1 heterocycles. The molecule has 0 aromatic carbocycles. The molecule has 0 fully saturated rings. The highest BCUT2D eigenvalue weighted by molar-refractivity contribution is 7.05. The van der Waals surface area contributed by atoms with Crippen LogP contribution in [0.2, 0.25) is 0 Å². The van der Waals surface area contributed by atoms with E-state index in [1.165, 1.54) is 11.5 Å². The Hall–Kier alpha value is -0.450. The summed E-state index contributed by atoms with van der Waals surface area (Å²) in [6.45, 7) is 2.52. The van der Waals surface area contributed by atoms with Gasteiger partial charge in [0.25, 0.3) is 0 Å². The van der Waals surface area contributed by atoms with Crippen molar-refractivity contribution >= 4 is 11.5 Å². The van der Waals surface area contributed by atoms with Crippen LogP contribution < -0.4 is 5.73 Å². The molecule has 0 aliphatic carbocycles. The summed E-state index contributed by atoms with van der Waals surface area (Å²) in [5.41, 5.74) is 6.79. The van der Waals surface area contributed by atoms with Gasteiger partial charge in [0.2, 0.25) is 0 Å². The van der Waals surface area contributed by atoms with Gasteiger partial charge in [-0.15, -0.1) is 0 Å². The van der Waals surface area contributed by atoms with E-state index in [0.717, 1.165) is 10.6 Å². The minimum absolute atomic E-state index is 0.0220. The zero-order valence-electron chi connectivity index (χ0n) is 6.70. The lowest BCUT2D eigenvalue weighted by Gasteiger charge is -2.05. The molecule has 1 atom stereocenters. The van der Waals surface area contributed by atoms with Crippen LogP contribution in [0.1, 0.15) is 16.6 Å². The molecule has 1 rings (SSSR count). The van der Waals surface area contributed by atoms with Crippen LogP contribution in [-0.2, 0) is 4.74 Å². The van der Waals surface area contributed by atoms with Gasteiger partial charge in [-0.2, -0.15) is 4.37 Å². The molecule has 0 radical (unpaired) electrons. The monoisotopic (exact) mass is 172 g/mol. The van der Waals surface area contributed by atoms with Gasteiger partial charge in [0.15, 0.2) is 0 Å². The molecule has 2 N–H and O–H groups in total. The van der Waals surface area contributed by atoms with E-state index in [9.17, 15) is 0 Å². The summed E-state index contributed by atoms with van der Waals surface area (Å²) >= 11 is 1.44. The molecule has 1 aromatic heterocycles. The first-order valence-electron chi connectivity index (χ1n) is 3.41. The number of methoxy groups -OCH3 is 1. The summed E-state index contributed by atoms with van der Waals surface area (Å²) in [7, 11) is 1.65. The SMILES string of the molecule is COCC(N)c1cc(C)ns1. The maximum atomic E-state index is 5.76. The van der Waals surface area contributed by atoms with E-state index in [1.54, 1.807) is 7.11 Å². The molecule has 3 nitrogen and oxygen atoms in total. The first-order valence-corrected chi connectivity index (χ1v) is 4.19. The molecular formula is C7H12N2OS. The Bertz CT molecular complexity index is 224. The Labute approximate surface area is 70.3 Å². The molecule has 0 saturated heterocycles. The number of nitrogens with zero attached hydrogens (tertiary/aromatic N) is 1. The highest BCUT2D eigenvalue weighted by atomic mass is 32.1. The highest BCUT2D eigenvalue weighted by Gasteiger charge is 2.07. The second-order valence-corrected chi connectivity index (χ2v) is 3.27. The molecule has 0 bridgehead atoms. The smallest absolute Gasteiger partial charge is 0.0664 e. The number of hydrogen-bond donors (Lipinski definition) is 1. The van der Waals surface area contributed by atoms with Crippen molar-refractivity contribution in [3.05, 3.63) is 16.6 Å². The molecule has 0 spiro atoms. The Morgan fingerprint density at radius 2 is 2.55 bits per heavy atom. The molecule has 4 heteroatoms. The van der Waals surface area contributed by atoms with Crippen molar-refractivity contribution < 1.29 is 4.74 Å². The van der Waals surface area contributed by atoms with Crippen molar-refractivity contribution in [2.45, 2.75) is 13.0 Å². The minimum atomic E-state index is -0.0220. The number of hydrogen-bond acceptors (Lipinski definition) is 4. The molecular weight excluding hydrogens is 160 g/mol. The first kappa shape index (κ1) is 8.64. The third kappa shape index (κ3) is 2.25. The number of aryl methyl sites for hydroxylation is 1. The quantitative estimate of drug-likeness (QED) is 0.742. The van der Waals surface area contributed by atoms with Crippen LogP contribution in [0.15, 0.2) is 6.07 Å². The summed E-state index contributed by atoms with van der Waals surface area (Å²) in [6, 6.07) is 1.97. The zero-order chi connectivity index (χ0) is 8.27. The van der Waals surface area contributed by atoms with Crippen molar-refractivity contribution in [3.8, 4) is 0 Å². The van der Waals surface area contributed by atoms with Crippen LogP contribution in [0.3, 0.4) is 0 Å². The zero-order valence-corrected chi connectivity index (χ0v) is 7.52. The first-order chi connectivity index (χ1) is 5.24. The number of nitrogens with two attached hydrogens (primary N) is 1. The Morgan fingerprint density at radius 3 is 3.00 bits per heavy atom. The molecule has 0 amide bonds. The second kappa shape index (κ2) is 3.80. The van der Waals surface area contributed by atoms with Gasteiger partial charge >= 0.3 is 0 Å². The minimum Gasteiger partial charge on any atom is -0.383 e. The summed E-state index contributed by atoms with van der Waals surface area (Å²) in [4.78, 5) is 1.09. The van der Waals surface area contributed by atoms with E-state index >= 15 is 0 Å². The van der Waals surface area contributed by atoms with Crippen molar-refractivity contribution in [2.24, 2.45) is 5.73 Å². The fourth-order valence-corrected chi connectivity index (χ4v) is 1.55. The van der Waals surface area contributed by atoms with Gasteiger partial charge in [-0.1, -0.05) is 0 Å². The van der Waals surface area contributed by atoms with Crippen molar-refractivity contribution in [2.75, 3.05) is 13.7 Å². The van der Waals surface area contributed by atoms with Crippen LogP contribution in [0, 0.1) is 6.92 Å². The van der Waals surface area contributed by atoms with Gasteiger partial charge in [-0.25, -0.2) is 0 Å². The second-order valence-electron chi connectivity index (χ2n) is 2.43. The Balaban J connectivity index is 2.60. The number of ether oxygens (including phenoxy) is 1. The maximum absolute atomic E-state index is 5.76. The van der Waals surface area contributed by atoms with E-state index in [4.69, 9.17) is 10.5 Å². The summed E-state index contributed by atoms with van der Waals surface area (Å²) in [6.07, 6.45) is 0. The lowest BCUT2D eigenvalue weighted by Crippen LogP contribution is -2.14. The van der Waals surface area contributed by atoms with E-state index in [2.05, 4.69) is 4.37 Å². The Morgan fingerprint density at radius 1 is 1.82 bits per heavy atom. The average molecular weight is 172 g/mol. The predicted molar refractivity (Wildman–Crippen MR) is 45.7 cm³/mol. The van der Waals surface area contributed by atoms with E-state index in [-0.39, 0.29) is 6.04 Å². The summed E-state index contributed by atoms with van der Waals surface area (Å²) < 4.78 is 9.05. The molecule has 0 saturated carbocycles. The number of rotatable bonds is 3. The molecule has 62 valence electrons. The van der Waals surface area contributed by atoms with Crippen molar-refractivity contribution in [1.29, 1.82) is 0 Å². The summed E-state index contributed by atoms with van der Waals surface area (Å²) in [5, 5.41) is 0. The van der Waals surface area contributed by atoms with Crippen molar-refractivity contribution in [3.63, 3.8) is 0 Å².